The number of hydrogen-bond donors (Lipinski definition) is 2. The third-order valence-corrected chi connectivity index (χ3v) is 4.93. The number of amides is 1. The molecule has 1 aromatic heterocycles. The summed E-state index contributed by atoms with van der Waals surface area (Å²) in [6.07, 6.45) is 2.98. The summed E-state index contributed by atoms with van der Waals surface area (Å²) in [5.74, 6) is -1.44. The van der Waals surface area contributed by atoms with Crippen LogP contribution in [0.2, 0.25) is 0 Å². The van der Waals surface area contributed by atoms with Gasteiger partial charge in [0.2, 0.25) is 0 Å². The van der Waals surface area contributed by atoms with Crippen molar-refractivity contribution in [3.05, 3.63) is 53.6 Å². The Morgan fingerprint density at radius 1 is 1.00 bits per heavy atom. The predicted molar refractivity (Wildman–Crippen MR) is 100 cm³/mol. The first-order chi connectivity index (χ1) is 13.1. The molecule has 0 radical (unpaired) electrons. The Bertz CT molecular complexity index is 1020. The molecule has 1 aliphatic rings. The zero-order valence-corrected chi connectivity index (χ0v) is 14.6. The minimum Gasteiger partial charge on any atom is -0.507 e. The fourth-order valence-corrected chi connectivity index (χ4v) is 3.58. The van der Waals surface area contributed by atoms with Crippen molar-refractivity contribution in [3.8, 4) is 17.1 Å². The highest BCUT2D eigenvalue weighted by atomic mass is 16.4. The van der Waals surface area contributed by atoms with E-state index in [1.807, 2.05) is 6.07 Å². The molecule has 0 spiro atoms. The standard InChI is InChI=1S/C21H19NO5/c23-16-11-15-17(12-14(16)20(24)22-9-5-2-6-10-22)27-19(18(15)21(25)26)13-7-3-1-4-8-13/h1,3-4,7-8,11-12,23H,2,5-6,9-10H2,(H,25,26). The highest BCUT2D eigenvalue weighted by molar-refractivity contribution is 6.10. The number of likely N-dealkylation sites (tertiary alicyclic amines) is 1. The van der Waals surface area contributed by atoms with Crippen molar-refractivity contribution in [1.82, 2.24) is 4.90 Å². The number of fused-ring (bicyclic) bond motifs is 1. The quantitative estimate of drug-likeness (QED) is 0.728. The van der Waals surface area contributed by atoms with Crippen LogP contribution in [0.3, 0.4) is 0 Å². The molecule has 2 aromatic carbocycles. The summed E-state index contributed by atoms with van der Waals surface area (Å²) in [6.45, 7) is 1.31. The van der Waals surface area contributed by atoms with Crippen LogP contribution in [0.25, 0.3) is 22.3 Å². The molecule has 1 fully saturated rings. The van der Waals surface area contributed by atoms with Crippen LogP contribution in [0.1, 0.15) is 40.0 Å². The van der Waals surface area contributed by atoms with Crippen molar-refractivity contribution in [3.63, 3.8) is 0 Å². The van der Waals surface area contributed by atoms with Gasteiger partial charge in [-0.25, -0.2) is 4.79 Å². The smallest absolute Gasteiger partial charge is 0.340 e. The first-order valence-corrected chi connectivity index (χ1v) is 8.94. The number of hydrogen-bond acceptors (Lipinski definition) is 4. The van der Waals surface area contributed by atoms with Gasteiger partial charge in [-0.3, -0.25) is 4.79 Å². The van der Waals surface area contributed by atoms with Crippen LogP contribution in [0.15, 0.2) is 46.9 Å². The van der Waals surface area contributed by atoms with Gasteiger partial charge in [-0.1, -0.05) is 30.3 Å². The van der Waals surface area contributed by atoms with E-state index in [1.165, 1.54) is 12.1 Å². The molecule has 4 rings (SSSR count). The van der Waals surface area contributed by atoms with Gasteiger partial charge in [-0.2, -0.15) is 0 Å². The first kappa shape index (κ1) is 17.1. The van der Waals surface area contributed by atoms with Crippen LogP contribution in [-0.4, -0.2) is 40.1 Å². The van der Waals surface area contributed by atoms with Gasteiger partial charge in [0.1, 0.15) is 22.7 Å². The second kappa shape index (κ2) is 6.79. The molecule has 1 aliphatic heterocycles. The number of piperidine rings is 1. The van der Waals surface area contributed by atoms with Crippen LogP contribution >= 0.6 is 0 Å². The van der Waals surface area contributed by atoms with E-state index in [4.69, 9.17) is 4.42 Å². The Morgan fingerprint density at radius 3 is 2.37 bits per heavy atom. The van der Waals surface area contributed by atoms with Crippen molar-refractivity contribution in [2.24, 2.45) is 0 Å². The Labute approximate surface area is 155 Å². The maximum atomic E-state index is 12.8. The lowest BCUT2D eigenvalue weighted by atomic mass is 10.0. The van der Waals surface area contributed by atoms with E-state index in [0.29, 0.717) is 18.7 Å². The maximum Gasteiger partial charge on any atom is 0.340 e. The number of carbonyl (C=O) groups is 2. The molecule has 138 valence electrons. The number of carboxylic acids is 1. The van der Waals surface area contributed by atoms with Crippen molar-refractivity contribution >= 4 is 22.8 Å². The first-order valence-electron chi connectivity index (χ1n) is 8.94. The topological polar surface area (TPSA) is 91.0 Å². The van der Waals surface area contributed by atoms with Crippen LogP contribution in [-0.2, 0) is 0 Å². The van der Waals surface area contributed by atoms with Gasteiger partial charge in [-0.15, -0.1) is 0 Å². The molecule has 0 aliphatic carbocycles. The molecule has 0 bridgehead atoms. The third kappa shape index (κ3) is 3.03. The molecule has 6 heteroatoms. The van der Waals surface area contributed by atoms with Crippen molar-refractivity contribution in [1.29, 1.82) is 0 Å². The second-order valence-electron chi connectivity index (χ2n) is 6.70. The molecule has 0 unspecified atom stereocenters. The molecule has 0 saturated carbocycles. The number of aromatic carboxylic acids is 1. The number of carbonyl (C=O) groups excluding carboxylic acids is 1. The molecule has 6 nitrogen and oxygen atoms in total. The average molecular weight is 365 g/mol. The summed E-state index contributed by atoms with van der Waals surface area (Å²) in [6, 6.07) is 11.7. The van der Waals surface area contributed by atoms with E-state index < -0.39 is 5.97 Å². The minimum absolute atomic E-state index is 0.0246. The Morgan fingerprint density at radius 2 is 1.70 bits per heavy atom. The van der Waals surface area contributed by atoms with Crippen molar-refractivity contribution < 1.29 is 24.2 Å². The lowest BCUT2D eigenvalue weighted by molar-refractivity contribution is 0.0696. The second-order valence-corrected chi connectivity index (χ2v) is 6.70. The highest BCUT2D eigenvalue weighted by Gasteiger charge is 2.26. The Balaban J connectivity index is 1.85. The number of aromatic hydroxyl groups is 1. The molecule has 3 aromatic rings. The largest absolute Gasteiger partial charge is 0.507 e. The lowest BCUT2D eigenvalue weighted by Crippen LogP contribution is -2.35. The zero-order valence-electron chi connectivity index (χ0n) is 14.6. The zero-order chi connectivity index (χ0) is 19.0. The van der Waals surface area contributed by atoms with Crippen molar-refractivity contribution in [2.75, 3.05) is 13.1 Å². The van der Waals surface area contributed by atoms with Gasteiger partial charge < -0.3 is 19.5 Å². The molecular weight excluding hydrogens is 346 g/mol. The monoisotopic (exact) mass is 365 g/mol. The van der Waals surface area contributed by atoms with Crippen LogP contribution in [0.4, 0.5) is 0 Å². The number of benzene rings is 2. The van der Waals surface area contributed by atoms with Crippen LogP contribution in [0, 0.1) is 0 Å². The van der Waals surface area contributed by atoms with Gasteiger partial charge in [-0.05, 0) is 31.4 Å². The number of furan rings is 1. The molecule has 2 N–H and O–H groups in total. The SMILES string of the molecule is O=C(O)c1c(-c2ccccc2)oc2cc(C(=O)N3CCCCC3)c(O)cc12. The molecule has 1 saturated heterocycles. The van der Waals surface area contributed by atoms with Gasteiger partial charge >= 0.3 is 5.97 Å². The van der Waals surface area contributed by atoms with E-state index >= 15 is 0 Å². The van der Waals surface area contributed by atoms with E-state index in [9.17, 15) is 19.8 Å². The summed E-state index contributed by atoms with van der Waals surface area (Å²) >= 11 is 0. The fraction of sp³-hybridized carbons (Fsp3) is 0.238. The average Bonchev–Trinajstić information content (AvgIpc) is 3.06. The molecule has 0 atom stereocenters. The summed E-state index contributed by atoms with van der Waals surface area (Å²) in [5, 5.41) is 20.4. The Hall–Kier alpha value is -3.28. The van der Waals surface area contributed by atoms with Gasteiger partial charge in [0, 0.05) is 24.0 Å². The van der Waals surface area contributed by atoms with E-state index in [-0.39, 0.29) is 39.5 Å². The number of nitrogens with zero attached hydrogens (tertiary/aromatic N) is 1. The fourth-order valence-electron chi connectivity index (χ4n) is 3.58. The summed E-state index contributed by atoms with van der Waals surface area (Å²) < 4.78 is 5.82. The summed E-state index contributed by atoms with van der Waals surface area (Å²) in [4.78, 5) is 26.3. The number of phenols is 1. The Kier molecular flexibility index (Phi) is 4.32. The van der Waals surface area contributed by atoms with Gasteiger partial charge in [0.05, 0.1) is 5.56 Å². The molecule has 2 heterocycles. The predicted octanol–water partition coefficient (Wildman–Crippen LogP) is 4.13. The normalized spacial score (nSPS) is 14.4. The van der Waals surface area contributed by atoms with E-state index in [0.717, 1.165) is 19.3 Å². The van der Waals surface area contributed by atoms with Crippen molar-refractivity contribution in [2.45, 2.75) is 19.3 Å². The van der Waals surface area contributed by atoms with Gasteiger partial charge in [0.15, 0.2) is 0 Å². The maximum absolute atomic E-state index is 12.8. The summed E-state index contributed by atoms with van der Waals surface area (Å²) in [5.41, 5.74) is 0.997. The van der Waals surface area contributed by atoms with E-state index in [1.54, 1.807) is 29.2 Å². The van der Waals surface area contributed by atoms with E-state index in [2.05, 4.69) is 0 Å². The summed E-state index contributed by atoms with van der Waals surface area (Å²) in [7, 11) is 0. The van der Waals surface area contributed by atoms with Crippen LogP contribution in [0.5, 0.6) is 5.75 Å². The molecule has 1 amide bonds. The molecular formula is C21H19NO5. The van der Waals surface area contributed by atoms with Crippen LogP contribution < -0.4 is 0 Å². The highest BCUT2D eigenvalue weighted by Crippen LogP contribution is 2.37. The number of carboxylic acid groups (broad SMARTS) is 1. The number of rotatable bonds is 3. The minimum atomic E-state index is -1.15. The third-order valence-electron chi connectivity index (χ3n) is 4.93. The number of phenolic OH excluding ortho intramolecular Hbond substituents is 1. The molecule has 27 heavy (non-hydrogen) atoms. The lowest BCUT2D eigenvalue weighted by Gasteiger charge is -2.26. The van der Waals surface area contributed by atoms with Gasteiger partial charge in [0.25, 0.3) is 5.91 Å².